The van der Waals surface area contributed by atoms with Gasteiger partial charge >= 0.3 is 12.1 Å². The molecule has 1 aromatic carbocycles. The van der Waals surface area contributed by atoms with Crippen LogP contribution in [0.25, 0.3) is 11.3 Å². The highest BCUT2D eigenvalue weighted by molar-refractivity contribution is 5.86. The summed E-state index contributed by atoms with van der Waals surface area (Å²) >= 11 is 0. The van der Waals surface area contributed by atoms with Crippen LogP contribution in [0, 0.1) is 5.82 Å². The van der Waals surface area contributed by atoms with E-state index in [0.29, 0.717) is 21.7 Å². The fraction of sp³-hybridized carbons (Fsp3) is 0.409. The van der Waals surface area contributed by atoms with Crippen LogP contribution in [0.5, 0.6) is 0 Å². The highest BCUT2D eigenvalue weighted by Gasteiger charge is 2.61. The number of hydrogen-bond acceptors (Lipinski definition) is 4. The second kappa shape index (κ2) is 7.86. The van der Waals surface area contributed by atoms with E-state index in [1.807, 2.05) is 0 Å². The summed E-state index contributed by atoms with van der Waals surface area (Å²) in [4.78, 5) is 29.4. The largest absolute Gasteiger partial charge is 0.479 e. The zero-order chi connectivity index (χ0) is 23.0. The Morgan fingerprint density at radius 2 is 1.81 bits per heavy atom. The number of carboxylic acid groups (broad SMARTS) is 1. The van der Waals surface area contributed by atoms with E-state index in [-0.39, 0.29) is 6.42 Å². The predicted molar refractivity (Wildman–Crippen MR) is 106 cm³/mol. The second-order valence-electron chi connectivity index (χ2n) is 8.67. The molecule has 0 aliphatic carbocycles. The predicted octanol–water partition coefficient (Wildman–Crippen LogP) is 4.53. The average Bonchev–Trinajstić information content (AvgIpc) is 2.94. The number of benzene rings is 1. The third kappa shape index (κ3) is 4.98. The van der Waals surface area contributed by atoms with Gasteiger partial charge in [-0.25, -0.2) is 22.8 Å². The Hall–Kier alpha value is -3.10. The van der Waals surface area contributed by atoms with Gasteiger partial charge in [-0.15, -0.1) is 0 Å². The minimum Gasteiger partial charge on any atom is -0.479 e. The van der Waals surface area contributed by atoms with Crippen LogP contribution in [-0.4, -0.2) is 50.7 Å². The Kier molecular flexibility index (Phi) is 5.73. The molecule has 6 nitrogen and oxygen atoms in total. The Morgan fingerprint density at radius 3 is 2.32 bits per heavy atom. The van der Waals surface area contributed by atoms with Crippen molar-refractivity contribution in [2.45, 2.75) is 50.7 Å². The maximum Gasteiger partial charge on any atom is 0.411 e. The molecular weight excluding hydrogens is 413 g/mol. The van der Waals surface area contributed by atoms with E-state index in [4.69, 9.17) is 4.74 Å². The number of aliphatic carboxylic acids is 1. The molecule has 1 aliphatic heterocycles. The number of amides is 1. The third-order valence-corrected chi connectivity index (χ3v) is 4.94. The summed E-state index contributed by atoms with van der Waals surface area (Å²) in [5.74, 6) is -5.37. The number of carbonyl (C=O) groups excluding carboxylic acids is 1. The normalized spacial score (nSPS) is 20.5. The molecule has 1 N–H and O–H groups in total. The standard InChI is InChI=1S/C22H23F3N2O4/c1-20(2,3)31-19(30)27-13-22(24,25)12-21(27,18(28)29)10-14-4-6-15(7-5-14)17-9-8-16(23)11-26-17/h4-9,11H,10,12-13H2,1-3H3,(H,28,29). The summed E-state index contributed by atoms with van der Waals surface area (Å²) in [6, 6.07) is 9.18. The molecule has 0 radical (unpaired) electrons. The van der Waals surface area contributed by atoms with Crippen molar-refractivity contribution in [2.75, 3.05) is 6.54 Å². The quantitative estimate of drug-likeness (QED) is 0.762. The first-order chi connectivity index (χ1) is 14.3. The number of aromatic nitrogens is 1. The summed E-state index contributed by atoms with van der Waals surface area (Å²) in [5, 5.41) is 9.91. The fourth-order valence-electron chi connectivity index (χ4n) is 3.62. The lowest BCUT2D eigenvalue weighted by Gasteiger charge is -2.35. The highest BCUT2D eigenvalue weighted by atomic mass is 19.3. The molecule has 3 rings (SSSR count). The first-order valence-electron chi connectivity index (χ1n) is 9.64. The summed E-state index contributed by atoms with van der Waals surface area (Å²) in [5.41, 5.74) is -1.53. The van der Waals surface area contributed by atoms with E-state index in [1.54, 1.807) is 45.0 Å². The van der Waals surface area contributed by atoms with E-state index >= 15 is 0 Å². The minimum absolute atomic E-state index is 0.325. The van der Waals surface area contributed by atoms with E-state index < -0.39 is 47.9 Å². The first kappa shape index (κ1) is 22.6. The van der Waals surface area contributed by atoms with Crippen molar-refractivity contribution in [1.29, 1.82) is 0 Å². The lowest BCUT2D eigenvalue weighted by atomic mass is 9.87. The van der Waals surface area contributed by atoms with Gasteiger partial charge in [-0.3, -0.25) is 9.88 Å². The van der Waals surface area contributed by atoms with Gasteiger partial charge in [0.2, 0.25) is 0 Å². The molecule has 1 unspecified atom stereocenters. The molecular formula is C22H23F3N2O4. The minimum atomic E-state index is -3.37. The topological polar surface area (TPSA) is 79.7 Å². The van der Waals surface area contributed by atoms with Crippen molar-refractivity contribution in [3.63, 3.8) is 0 Å². The molecule has 0 spiro atoms. The summed E-state index contributed by atoms with van der Waals surface area (Å²) < 4.78 is 46.9. The molecule has 1 aromatic heterocycles. The molecule has 2 aromatic rings. The summed E-state index contributed by atoms with van der Waals surface area (Å²) in [6.45, 7) is 3.68. The Morgan fingerprint density at radius 1 is 1.16 bits per heavy atom. The van der Waals surface area contributed by atoms with E-state index in [2.05, 4.69) is 4.98 Å². The van der Waals surface area contributed by atoms with Crippen molar-refractivity contribution in [2.24, 2.45) is 0 Å². The number of hydrogen-bond donors (Lipinski definition) is 1. The fourth-order valence-corrected chi connectivity index (χ4v) is 3.62. The molecule has 1 amide bonds. The zero-order valence-electron chi connectivity index (χ0n) is 17.4. The maximum absolute atomic E-state index is 14.3. The van der Waals surface area contributed by atoms with Gasteiger partial charge in [-0.2, -0.15) is 0 Å². The van der Waals surface area contributed by atoms with Crippen molar-refractivity contribution in [3.05, 3.63) is 54.0 Å². The van der Waals surface area contributed by atoms with Crippen molar-refractivity contribution >= 4 is 12.1 Å². The number of carboxylic acids is 1. The number of alkyl halides is 2. The van der Waals surface area contributed by atoms with Crippen molar-refractivity contribution < 1.29 is 32.6 Å². The van der Waals surface area contributed by atoms with Gasteiger partial charge in [-0.1, -0.05) is 24.3 Å². The molecule has 0 saturated carbocycles. The summed E-state index contributed by atoms with van der Waals surface area (Å²) in [7, 11) is 0. The van der Waals surface area contributed by atoms with Crippen LogP contribution in [0.2, 0.25) is 0 Å². The SMILES string of the molecule is CC(C)(C)OC(=O)N1CC(F)(F)CC1(Cc1ccc(-c2ccc(F)cn2)cc1)C(=O)O. The van der Waals surface area contributed by atoms with E-state index in [0.717, 1.165) is 6.20 Å². The molecule has 1 saturated heterocycles. The molecule has 9 heteroatoms. The van der Waals surface area contributed by atoms with Gasteiger partial charge < -0.3 is 9.84 Å². The van der Waals surface area contributed by atoms with E-state index in [1.165, 1.54) is 12.1 Å². The molecule has 1 fully saturated rings. The smallest absolute Gasteiger partial charge is 0.411 e. The van der Waals surface area contributed by atoms with Crippen LogP contribution in [0.3, 0.4) is 0 Å². The van der Waals surface area contributed by atoms with Gasteiger partial charge in [0, 0.05) is 18.4 Å². The van der Waals surface area contributed by atoms with Gasteiger partial charge in [0.1, 0.15) is 11.4 Å². The van der Waals surface area contributed by atoms with Crippen LogP contribution in [0.1, 0.15) is 32.8 Å². The van der Waals surface area contributed by atoms with Crippen LogP contribution >= 0.6 is 0 Å². The van der Waals surface area contributed by atoms with Gasteiger partial charge in [0.05, 0.1) is 18.4 Å². The molecule has 0 bridgehead atoms. The van der Waals surface area contributed by atoms with Crippen LogP contribution in [0.15, 0.2) is 42.6 Å². The van der Waals surface area contributed by atoms with Crippen molar-refractivity contribution in [1.82, 2.24) is 9.88 Å². The lowest BCUT2D eigenvalue weighted by Crippen LogP contribution is -2.55. The Balaban J connectivity index is 1.91. The Bertz CT molecular complexity index is 972. The van der Waals surface area contributed by atoms with Crippen LogP contribution < -0.4 is 0 Å². The monoisotopic (exact) mass is 436 g/mol. The number of likely N-dealkylation sites (tertiary alicyclic amines) is 1. The molecule has 31 heavy (non-hydrogen) atoms. The number of pyridine rings is 1. The van der Waals surface area contributed by atoms with Gasteiger partial charge in [0.15, 0.2) is 5.54 Å². The maximum atomic E-state index is 14.3. The van der Waals surface area contributed by atoms with Gasteiger partial charge in [0.25, 0.3) is 5.92 Å². The van der Waals surface area contributed by atoms with Crippen molar-refractivity contribution in [3.8, 4) is 11.3 Å². The van der Waals surface area contributed by atoms with Crippen LogP contribution in [0.4, 0.5) is 18.0 Å². The molecule has 166 valence electrons. The number of halogens is 3. The number of nitrogens with zero attached hydrogens (tertiary/aromatic N) is 2. The zero-order valence-corrected chi connectivity index (χ0v) is 17.4. The molecule has 1 aliphatic rings. The third-order valence-electron chi connectivity index (χ3n) is 4.94. The van der Waals surface area contributed by atoms with Gasteiger partial charge in [-0.05, 0) is 38.5 Å². The summed E-state index contributed by atoms with van der Waals surface area (Å²) in [6.07, 6.45) is -1.37. The first-order valence-corrected chi connectivity index (χ1v) is 9.64. The average molecular weight is 436 g/mol. The highest BCUT2D eigenvalue weighted by Crippen LogP contribution is 2.43. The number of carbonyl (C=O) groups is 2. The lowest BCUT2D eigenvalue weighted by molar-refractivity contribution is -0.149. The second-order valence-corrected chi connectivity index (χ2v) is 8.67. The number of ether oxygens (including phenoxy) is 1. The Labute approximate surface area is 177 Å². The van der Waals surface area contributed by atoms with Crippen LogP contribution in [-0.2, 0) is 16.0 Å². The number of rotatable bonds is 4. The van der Waals surface area contributed by atoms with E-state index in [9.17, 15) is 27.9 Å². The molecule has 1 atom stereocenters. The molecule has 2 heterocycles.